The maximum atomic E-state index is 4.82. The summed E-state index contributed by atoms with van der Waals surface area (Å²) in [7, 11) is 0. The first-order chi connectivity index (χ1) is 27.8. The van der Waals surface area contributed by atoms with E-state index >= 15 is 0 Å². The number of rotatable bonds is 3. The first-order valence-corrected chi connectivity index (χ1v) is 20.5. The summed E-state index contributed by atoms with van der Waals surface area (Å²) in [6, 6.07) is 62.6. The van der Waals surface area contributed by atoms with Crippen LogP contribution in [0.1, 0.15) is 0 Å². The lowest BCUT2D eigenvalue weighted by Crippen LogP contribution is -1.99. The Morgan fingerprint density at radius 2 is 0.679 bits per heavy atom. The second-order valence-electron chi connectivity index (χ2n) is 14.4. The van der Waals surface area contributed by atoms with Crippen molar-refractivity contribution in [2.75, 3.05) is 0 Å². The number of nitrogens with zero attached hydrogens (tertiary/aromatic N) is 2. The average molecular weight is 747 g/mol. The van der Waals surface area contributed by atoms with Gasteiger partial charge in [-0.15, -0.1) is 22.7 Å². The van der Waals surface area contributed by atoms with Crippen LogP contribution in [-0.2, 0) is 0 Å². The third-order valence-corrected chi connectivity index (χ3v) is 13.7. The Kier molecular flexibility index (Phi) is 7.00. The van der Waals surface area contributed by atoms with Crippen LogP contribution in [0.15, 0.2) is 182 Å². The van der Waals surface area contributed by atoms with Crippen molar-refractivity contribution in [3.8, 4) is 77.9 Å². The molecule has 0 spiro atoms. The molecule has 4 aromatic heterocycles. The molecule has 0 radical (unpaired) electrons. The Labute approximate surface area is 331 Å². The van der Waals surface area contributed by atoms with Crippen molar-refractivity contribution in [3.63, 3.8) is 0 Å². The number of benzene rings is 7. The van der Waals surface area contributed by atoms with Crippen molar-refractivity contribution >= 4 is 63.3 Å². The first kappa shape index (κ1) is 31.6. The van der Waals surface area contributed by atoms with Gasteiger partial charge in [-0.05, 0) is 120 Å². The Balaban J connectivity index is 1.19. The van der Waals surface area contributed by atoms with Gasteiger partial charge in [0.15, 0.2) is 0 Å². The molecule has 0 unspecified atom stereocenters. The molecule has 12 rings (SSSR count). The SMILES string of the molecule is c1ccc2c(c1)-c1ccccc1-c1cccc(-c3cc(-c4cccc5c4sc4cccnc45)cc(-c4cccc5c4sc4cccnc45)c3)c1-c1ccccc1-2. The highest BCUT2D eigenvalue weighted by atomic mass is 32.1. The molecule has 11 aromatic rings. The van der Waals surface area contributed by atoms with Crippen molar-refractivity contribution < 1.29 is 0 Å². The summed E-state index contributed by atoms with van der Waals surface area (Å²) in [5.41, 5.74) is 19.3. The summed E-state index contributed by atoms with van der Waals surface area (Å²) in [6.07, 6.45) is 3.80. The second-order valence-corrected chi connectivity index (χ2v) is 16.5. The van der Waals surface area contributed by atoms with Gasteiger partial charge in [0.1, 0.15) is 0 Å². The largest absolute Gasteiger partial charge is 0.255 e. The van der Waals surface area contributed by atoms with Crippen LogP contribution in [-0.4, -0.2) is 9.97 Å². The summed E-state index contributed by atoms with van der Waals surface area (Å²) < 4.78 is 4.92. The first-order valence-electron chi connectivity index (χ1n) is 18.9. The van der Waals surface area contributed by atoms with E-state index in [0.717, 1.165) is 11.0 Å². The summed E-state index contributed by atoms with van der Waals surface area (Å²) >= 11 is 3.66. The number of aromatic nitrogens is 2. The molecule has 2 nitrogen and oxygen atoms in total. The van der Waals surface area contributed by atoms with Crippen molar-refractivity contribution in [1.29, 1.82) is 0 Å². The molecule has 1 aliphatic rings. The van der Waals surface area contributed by atoms with Crippen LogP contribution in [0.25, 0.3) is 118 Å². The molecule has 0 aliphatic heterocycles. The normalized spacial score (nSPS) is 11.9. The third kappa shape index (κ3) is 4.73. The van der Waals surface area contributed by atoms with Gasteiger partial charge in [0.25, 0.3) is 0 Å². The Morgan fingerprint density at radius 1 is 0.304 bits per heavy atom. The molecular formula is C52H30N2S2. The van der Waals surface area contributed by atoms with Gasteiger partial charge in [-0.2, -0.15) is 0 Å². The lowest BCUT2D eigenvalue weighted by molar-refractivity contribution is 1.44. The lowest BCUT2D eigenvalue weighted by Gasteiger charge is -2.25. The van der Waals surface area contributed by atoms with Gasteiger partial charge in [0, 0.05) is 32.6 Å². The highest BCUT2D eigenvalue weighted by Crippen LogP contribution is 2.52. The van der Waals surface area contributed by atoms with E-state index in [2.05, 4.69) is 158 Å². The van der Waals surface area contributed by atoms with Crippen molar-refractivity contribution in [3.05, 3.63) is 182 Å². The number of hydrogen-bond acceptors (Lipinski definition) is 4. The van der Waals surface area contributed by atoms with E-state index < -0.39 is 0 Å². The average Bonchev–Trinajstić information content (AvgIpc) is 3.84. The molecule has 4 heteroatoms. The Morgan fingerprint density at radius 3 is 1.20 bits per heavy atom. The molecule has 260 valence electrons. The molecule has 0 bridgehead atoms. The fourth-order valence-corrected chi connectivity index (χ4v) is 11.3. The second kappa shape index (κ2) is 12.4. The zero-order chi connectivity index (χ0) is 36.7. The third-order valence-electron chi connectivity index (χ3n) is 11.4. The topological polar surface area (TPSA) is 25.8 Å². The predicted molar refractivity (Wildman–Crippen MR) is 239 cm³/mol. The van der Waals surface area contributed by atoms with Crippen LogP contribution in [0.4, 0.5) is 0 Å². The number of hydrogen-bond donors (Lipinski definition) is 0. The van der Waals surface area contributed by atoms with Crippen molar-refractivity contribution in [2.45, 2.75) is 0 Å². The van der Waals surface area contributed by atoms with Gasteiger partial charge in [0.2, 0.25) is 0 Å². The maximum Gasteiger partial charge on any atom is 0.0888 e. The van der Waals surface area contributed by atoms with Gasteiger partial charge >= 0.3 is 0 Å². The van der Waals surface area contributed by atoms with Crippen LogP contribution in [0.5, 0.6) is 0 Å². The zero-order valence-electron chi connectivity index (χ0n) is 30.0. The quantitative estimate of drug-likeness (QED) is 0.180. The fraction of sp³-hybridized carbons (Fsp3) is 0. The summed E-state index contributed by atoms with van der Waals surface area (Å²) in [5, 5.41) is 2.39. The summed E-state index contributed by atoms with van der Waals surface area (Å²) in [6.45, 7) is 0. The molecule has 0 amide bonds. The van der Waals surface area contributed by atoms with Gasteiger partial charge in [-0.1, -0.05) is 127 Å². The van der Waals surface area contributed by atoms with E-state index in [4.69, 9.17) is 9.97 Å². The number of pyridine rings is 2. The zero-order valence-corrected chi connectivity index (χ0v) is 31.7. The highest BCUT2D eigenvalue weighted by molar-refractivity contribution is 7.26. The van der Waals surface area contributed by atoms with E-state index in [1.54, 1.807) is 0 Å². The standard InChI is InChI=1S/C52H30N2S2/c1-2-13-38-37(12-1)39-14-3-4-15-41(39)43-21-7-18-34(48(43)42-17-6-5-16-40(38)42)31-28-32(35-19-8-22-44-49-46(55-51(35)44)24-10-26-53-49)30-33(29-31)36-20-9-23-45-50-47(56-52(36)45)25-11-27-54-50/h1-30H. The molecule has 0 fully saturated rings. The summed E-state index contributed by atoms with van der Waals surface area (Å²) in [4.78, 5) is 9.63. The van der Waals surface area contributed by atoms with E-state index in [1.807, 2.05) is 47.2 Å². The van der Waals surface area contributed by atoms with E-state index in [1.165, 1.54) is 107 Å². The van der Waals surface area contributed by atoms with Crippen molar-refractivity contribution in [2.24, 2.45) is 0 Å². The molecule has 4 heterocycles. The van der Waals surface area contributed by atoms with Crippen LogP contribution >= 0.6 is 22.7 Å². The fourth-order valence-electron chi connectivity index (χ4n) is 8.94. The molecule has 0 saturated carbocycles. The minimum atomic E-state index is 1.06. The minimum Gasteiger partial charge on any atom is -0.255 e. The van der Waals surface area contributed by atoms with Crippen LogP contribution in [0.2, 0.25) is 0 Å². The predicted octanol–water partition coefficient (Wildman–Crippen LogP) is 15.2. The van der Waals surface area contributed by atoms with Gasteiger partial charge in [0.05, 0.1) is 20.4 Å². The molecule has 56 heavy (non-hydrogen) atoms. The molecule has 1 aliphatic carbocycles. The Hall–Kier alpha value is -6.72. The smallest absolute Gasteiger partial charge is 0.0888 e. The van der Waals surface area contributed by atoms with Crippen LogP contribution in [0, 0.1) is 0 Å². The highest BCUT2D eigenvalue weighted by Gasteiger charge is 2.25. The molecule has 0 atom stereocenters. The molecule has 0 N–H and O–H groups in total. The van der Waals surface area contributed by atoms with Gasteiger partial charge in [-0.3, -0.25) is 9.97 Å². The van der Waals surface area contributed by atoms with Crippen LogP contribution < -0.4 is 0 Å². The molecular weight excluding hydrogens is 717 g/mol. The lowest BCUT2D eigenvalue weighted by atomic mass is 9.78. The molecule has 0 saturated heterocycles. The Bertz CT molecular complexity index is 3250. The van der Waals surface area contributed by atoms with Crippen LogP contribution in [0.3, 0.4) is 0 Å². The van der Waals surface area contributed by atoms with Gasteiger partial charge < -0.3 is 0 Å². The maximum absolute atomic E-state index is 4.82. The minimum absolute atomic E-state index is 1.06. The van der Waals surface area contributed by atoms with E-state index in [0.29, 0.717) is 0 Å². The molecule has 7 aromatic carbocycles. The monoisotopic (exact) mass is 746 g/mol. The number of thiophene rings is 2. The summed E-state index contributed by atoms with van der Waals surface area (Å²) in [5.74, 6) is 0. The van der Waals surface area contributed by atoms with E-state index in [9.17, 15) is 0 Å². The van der Waals surface area contributed by atoms with Crippen molar-refractivity contribution in [1.82, 2.24) is 9.97 Å². The van der Waals surface area contributed by atoms with Gasteiger partial charge in [-0.25, -0.2) is 0 Å². The van der Waals surface area contributed by atoms with E-state index in [-0.39, 0.29) is 0 Å². The number of fused-ring (bicyclic) bond motifs is 14.